The van der Waals surface area contributed by atoms with E-state index >= 15 is 0 Å². The SMILES string of the molecule is CCC(N)(Oc1ccc(C(=O)OC)cc1OC)C(=O)OC(C)(C)C. The van der Waals surface area contributed by atoms with Crippen LogP contribution in [0.5, 0.6) is 11.5 Å². The summed E-state index contributed by atoms with van der Waals surface area (Å²) in [6, 6.07) is 4.44. The number of carbonyl (C=O) groups is 2. The van der Waals surface area contributed by atoms with Crippen molar-refractivity contribution in [1.82, 2.24) is 0 Å². The van der Waals surface area contributed by atoms with E-state index in [9.17, 15) is 9.59 Å². The van der Waals surface area contributed by atoms with Crippen molar-refractivity contribution in [2.24, 2.45) is 5.73 Å². The van der Waals surface area contributed by atoms with E-state index in [4.69, 9.17) is 19.9 Å². The summed E-state index contributed by atoms with van der Waals surface area (Å²) in [7, 11) is 2.70. The summed E-state index contributed by atoms with van der Waals surface area (Å²) < 4.78 is 20.9. The quantitative estimate of drug-likeness (QED) is 0.627. The van der Waals surface area contributed by atoms with Gasteiger partial charge in [-0.25, -0.2) is 9.59 Å². The van der Waals surface area contributed by atoms with Gasteiger partial charge >= 0.3 is 11.9 Å². The molecule has 0 aliphatic carbocycles. The number of esters is 2. The molecule has 7 nitrogen and oxygen atoms in total. The van der Waals surface area contributed by atoms with E-state index in [1.807, 2.05) is 0 Å². The normalized spacial score (nSPS) is 13.6. The molecule has 1 atom stereocenters. The highest BCUT2D eigenvalue weighted by atomic mass is 16.6. The van der Waals surface area contributed by atoms with Crippen LogP contribution in [0.25, 0.3) is 0 Å². The van der Waals surface area contributed by atoms with Crippen LogP contribution in [0, 0.1) is 0 Å². The van der Waals surface area contributed by atoms with Crippen LogP contribution in [0.1, 0.15) is 44.5 Å². The van der Waals surface area contributed by atoms with Gasteiger partial charge in [-0.2, -0.15) is 0 Å². The molecule has 1 aromatic rings. The Morgan fingerprint density at radius 1 is 1.12 bits per heavy atom. The van der Waals surface area contributed by atoms with Gasteiger partial charge in [0.25, 0.3) is 5.72 Å². The van der Waals surface area contributed by atoms with Crippen molar-refractivity contribution in [3.63, 3.8) is 0 Å². The van der Waals surface area contributed by atoms with Gasteiger partial charge in [-0.05, 0) is 39.0 Å². The molecule has 0 aromatic heterocycles. The third-order valence-corrected chi connectivity index (χ3v) is 3.15. The van der Waals surface area contributed by atoms with Crippen LogP contribution in [0.15, 0.2) is 18.2 Å². The minimum atomic E-state index is -1.67. The van der Waals surface area contributed by atoms with Crippen LogP contribution >= 0.6 is 0 Å². The molecule has 1 aromatic carbocycles. The molecular formula is C17H25NO6. The molecule has 0 bridgehead atoms. The standard InChI is InChI=1S/C17H25NO6/c1-7-17(18,15(20)24-16(2,3)4)23-12-9-8-11(14(19)22-6)10-13(12)21-5/h8-10H,7,18H2,1-6H3. The van der Waals surface area contributed by atoms with Crippen LogP contribution < -0.4 is 15.2 Å². The van der Waals surface area contributed by atoms with Crippen LogP contribution in [-0.4, -0.2) is 37.5 Å². The maximum Gasteiger partial charge on any atom is 0.366 e. The van der Waals surface area contributed by atoms with E-state index in [2.05, 4.69) is 4.74 Å². The van der Waals surface area contributed by atoms with Crippen molar-refractivity contribution in [2.45, 2.75) is 45.4 Å². The van der Waals surface area contributed by atoms with Crippen molar-refractivity contribution in [1.29, 1.82) is 0 Å². The lowest BCUT2D eigenvalue weighted by Gasteiger charge is -2.31. The van der Waals surface area contributed by atoms with Crippen molar-refractivity contribution in [3.8, 4) is 11.5 Å². The Labute approximate surface area is 142 Å². The average molecular weight is 339 g/mol. The molecule has 0 fully saturated rings. The van der Waals surface area contributed by atoms with Gasteiger partial charge in [0.2, 0.25) is 0 Å². The Kier molecular flexibility index (Phi) is 6.20. The molecule has 0 aliphatic heterocycles. The number of hydrogen-bond donors (Lipinski definition) is 1. The second-order valence-corrected chi connectivity index (χ2v) is 6.20. The Bertz CT molecular complexity index is 608. The summed E-state index contributed by atoms with van der Waals surface area (Å²) >= 11 is 0. The molecule has 7 heteroatoms. The number of ether oxygens (including phenoxy) is 4. The zero-order valence-corrected chi connectivity index (χ0v) is 15.0. The highest BCUT2D eigenvalue weighted by molar-refractivity contribution is 5.90. The highest BCUT2D eigenvalue weighted by Gasteiger charge is 2.39. The van der Waals surface area contributed by atoms with E-state index in [0.29, 0.717) is 0 Å². The van der Waals surface area contributed by atoms with Gasteiger partial charge < -0.3 is 18.9 Å². The van der Waals surface area contributed by atoms with Gasteiger partial charge in [-0.1, -0.05) is 6.92 Å². The third kappa shape index (κ3) is 4.86. The fourth-order valence-electron chi connectivity index (χ4n) is 1.82. The van der Waals surface area contributed by atoms with Crippen molar-refractivity contribution < 1.29 is 28.5 Å². The van der Waals surface area contributed by atoms with E-state index < -0.39 is 23.3 Å². The monoisotopic (exact) mass is 339 g/mol. The summed E-state index contributed by atoms with van der Waals surface area (Å²) in [6.07, 6.45) is 0.184. The zero-order chi connectivity index (χ0) is 18.5. The van der Waals surface area contributed by atoms with Gasteiger partial charge in [0.15, 0.2) is 11.5 Å². The molecule has 0 aliphatic rings. The minimum absolute atomic E-state index is 0.184. The molecule has 0 heterocycles. The lowest BCUT2D eigenvalue weighted by atomic mass is 10.1. The second-order valence-electron chi connectivity index (χ2n) is 6.20. The number of hydrogen-bond acceptors (Lipinski definition) is 7. The summed E-state index contributed by atoms with van der Waals surface area (Å²) in [5.74, 6) is -0.719. The summed E-state index contributed by atoms with van der Waals surface area (Å²) in [5.41, 5.74) is 4.00. The Hall–Kier alpha value is -2.28. The van der Waals surface area contributed by atoms with Gasteiger partial charge in [0.05, 0.1) is 19.8 Å². The lowest BCUT2D eigenvalue weighted by Crippen LogP contribution is -2.55. The third-order valence-electron chi connectivity index (χ3n) is 3.15. The number of methoxy groups -OCH3 is 2. The number of carbonyl (C=O) groups excluding carboxylic acids is 2. The smallest absolute Gasteiger partial charge is 0.366 e. The summed E-state index contributed by atoms with van der Waals surface area (Å²) in [5, 5.41) is 0. The Morgan fingerprint density at radius 2 is 1.75 bits per heavy atom. The molecule has 0 radical (unpaired) electrons. The molecule has 2 N–H and O–H groups in total. The minimum Gasteiger partial charge on any atom is -0.493 e. The molecule has 1 unspecified atom stereocenters. The van der Waals surface area contributed by atoms with E-state index in [0.717, 1.165) is 0 Å². The van der Waals surface area contributed by atoms with Crippen LogP contribution in [0.4, 0.5) is 0 Å². The van der Waals surface area contributed by atoms with Gasteiger partial charge in [-0.3, -0.25) is 5.73 Å². The van der Waals surface area contributed by atoms with E-state index in [1.54, 1.807) is 27.7 Å². The van der Waals surface area contributed by atoms with E-state index in [-0.39, 0.29) is 23.5 Å². The first kappa shape index (κ1) is 19.8. The lowest BCUT2D eigenvalue weighted by molar-refractivity contribution is -0.174. The fraction of sp³-hybridized carbons (Fsp3) is 0.529. The van der Waals surface area contributed by atoms with Crippen molar-refractivity contribution >= 4 is 11.9 Å². The Balaban J connectivity index is 3.12. The van der Waals surface area contributed by atoms with Crippen LogP contribution in [0.3, 0.4) is 0 Å². The molecule has 134 valence electrons. The second kappa shape index (κ2) is 7.53. The first-order chi connectivity index (χ1) is 11.1. The highest BCUT2D eigenvalue weighted by Crippen LogP contribution is 2.32. The molecule has 0 saturated heterocycles. The van der Waals surface area contributed by atoms with Crippen molar-refractivity contribution in [2.75, 3.05) is 14.2 Å². The maximum atomic E-state index is 12.3. The molecule has 0 amide bonds. The maximum absolute atomic E-state index is 12.3. The molecule has 24 heavy (non-hydrogen) atoms. The predicted octanol–water partition coefficient (Wildman–Crippen LogP) is 2.27. The molecule has 1 rings (SSSR count). The van der Waals surface area contributed by atoms with Crippen LogP contribution in [-0.2, 0) is 14.3 Å². The predicted molar refractivity (Wildman–Crippen MR) is 88.0 cm³/mol. The number of nitrogens with two attached hydrogens (primary N) is 1. The molecule has 0 saturated carbocycles. The largest absolute Gasteiger partial charge is 0.493 e. The average Bonchev–Trinajstić information content (AvgIpc) is 2.52. The zero-order valence-electron chi connectivity index (χ0n) is 15.0. The summed E-state index contributed by atoms with van der Waals surface area (Å²) in [4.78, 5) is 23.9. The molecule has 0 spiro atoms. The molecular weight excluding hydrogens is 314 g/mol. The fourth-order valence-corrected chi connectivity index (χ4v) is 1.82. The van der Waals surface area contributed by atoms with Crippen molar-refractivity contribution in [3.05, 3.63) is 23.8 Å². The Morgan fingerprint density at radius 3 is 2.21 bits per heavy atom. The van der Waals surface area contributed by atoms with Crippen LogP contribution in [0.2, 0.25) is 0 Å². The number of rotatable bonds is 6. The number of benzene rings is 1. The van der Waals surface area contributed by atoms with Gasteiger partial charge in [0, 0.05) is 6.42 Å². The van der Waals surface area contributed by atoms with Gasteiger partial charge in [-0.15, -0.1) is 0 Å². The topological polar surface area (TPSA) is 97.1 Å². The van der Waals surface area contributed by atoms with Gasteiger partial charge in [0.1, 0.15) is 5.60 Å². The summed E-state index contributed by atoms with van der Waals surface area (Å²) in [6.45, 7) is 6.94. The first-order valence-electron chi connectivity index (χ1n) is 7.54. The van der Waals surface area contributed by atoms with E-state index in [1.165, 1.54) is 32.4 Å². The first-order valence-corrected chi connectivity index (χ1v) is 7.54.